The van der Waals surface area contributed by atoms with Gasteiger partial charge in [-0.05, 0) is 50.0 Å². The molecule has 4 aromatic rings. The number of hydrogen-bond acceptors (Lipinski definition) is 6. The standard InChI is InChI=1S/C26H28N6O3/c1-31(2)15-23(33)28-21-11-10-16(12-19(21)26(34)32(3)4)17-13-20-24(29-30-25(20)27-14-17)18-8-6-7-9-22(18)35-5/h6-14H,15H2,1-5H3,(H,28,33)(H,27,29,30). The molecule has 0 saturated heterocycles. The molecule has 9 nitrogen and oxygen atoms in total. The van der Waals surface area contributed by atoms with Gasteiger partial charge in [-0.3, -0.25) is 14.7 Å². The van der Waals surface area contributed by atoms with Gasteiger partial charge < -0.3 is 19.9 Å². The molecule has 0 radical (unpaired) electrons. The highest BCUT2D eigenvalue weighted by Crippen LogP contribution is 2.35. The van der Waals surface area contributed by atoms with Crippen molar-refractivity contribution in [3.05, 3.63) is 60.3 Å². The van der Waals surface area contributed by atoms with E-state index in [4.69, 9.17) is 4.74 Å². The van der Waals surface area contributed by atoms with E-state index < -0.39 is 0 Å². The van der Waals surface area contributed by atoms with E-state index in [1.165, 1.54) is 4.90 Å². The third-order valence-electron chi connectivity index (χ3n) is 5.51. The van der Waals surface area contributed by atoms with Gasteiger partial charge in [-0.2, -0.15) is 5.10 Å². The molecule has 0 aliphatic carbocycles. The van der Waals surface area contributed by atoms with Crippen molar-refractivity contribution in [1.29, 1.82) is 0 Å². The molecule has 35 heavy (non-hydrogen) atoms. The van der Waals surface area contributed by atoms with Gasteiger partial charge in [0, 0.05) is 36.8 Å². The highest BCUT2D eigenvalue weighted by Gasteiger charge is 2.18. The number of nitrogens with zero attached hydrogens (tertiary/aromatic N) is 4. The minimum atomic E-state index is -0.209. The Labute approximate surface area is 203 Å². The van der Waals surface area contributed by atoms with Gasteiger partial charge in [0.1, 0.15) is 5.75 Å². The fourth-order valence-electron chi connectivity index (χ4n) is 3.84. The van der Waals surface area contributed by atoms with Crippen molar-refractivity contribution in [1.82, 2.24) is 25.0 Å². The first-order valence-electron chi connectivity index (χ1n) is 11.1. The molecule has 9 heteroatoms. The molecule has 2 heterocycles. The van der Waals surface area contributed by atoms with E-state index >= 15 is 0 Å². The fourth-order valence-corrected chi connectivity index (χ4v) is 3.84. The second kappa shape index (κ2) is 9.94. The summed E-state index contributed by atoms with van der Waals surface area (Å²) in [5.41, 5.74) is 4.72. The number of pyridine rings is 1. The summed E-state index contributed by atoms with van der Waals surface area (Å²) in [7, 11) is 8.61. The molecule has 0 aliphatic rings. The van der Waals surface area contributed by atoms with Gasteiger partial charge in [0.15, 0.2) is 5.65 Å². The van der Waals surface area contributed by atoms with Crippen molar-refractivity contribution in [3.63, 3.8) is 0 Å². The van der Waals surface area contributed by atoms with E-state index in [0.717, 1.165) is 33.5 Å². The number of methoxy groups -OCH3 is 1. The Bertz CT molecular complexity index is 1390. The quantitative estimate of drug-likeness (QED) is 0.427. The van der Waals surface area contributed by atoms with Crippen LogP contribution in [0.15, 0.2) is 54.7 Å². The van der Waals surface area contributed by atoms with E-state index in [1.807, 2.05) is 50.5 Å². The van der Waals surface area contributed by atoms with E-state index in [-0.39, 0.29) is 18.4 Å². The largest absolute Gasteiger partial charge is 0.496 e. The number of para-hydroxylation sites is 1. The molecule has 0 fully saturated rings. The molecule has 0 saturated carbocycles. The first kappa shape index (κ1) is 23.9. The van der Waals surface area contributed by atoms with Crippen molar-refractivity contribution in [2.45, 2.75) is 0 Å². The smallest absolute Gasteiger partial charge is 0.255 e. The Hall–Kier alpha value is -4.24. The third-order valence-corrected chi connectivity index (χ3v) is 5.51. The normalized spacial score (nSPS) is 11.0. The number of likely N-dealkylation sites (N-methyl/N-ethyl adjacent to an activating group) is 1. The third kappa shape index (κ3) is 4.99. The second-order valence-corrected chi connectivity index (χ2v) is 8.64. The van der Waals surface area contributed by atoms with E-state index in [1.54, 1.807) is 44.4 Å². The molecular formula is C26H28N6O3. The average molecular weight is 473 g/mol. The van der Waals surface area contributed by atoms with E-state index in [2.05, 4.69) is 20.5 Å². The van der Waals surface area contributed by atoms with Crippen LogP contribution >= 0.6 is 0 Å². The maximum atomic E-state index is 13.0. The number of amides is 2. The lowest BCUT2D eigenvalue weighted by Crippen LogP contribution is -2.29. The van der Waals surface area contributed by atoms with Gasteiger partial charge >= 0.3 is 0 Å². The number of aromatic amines is 1. The zero-order valence-electron chi connectivity index (χ0n) is 20.4. The summed E-state index contributed by atoms with van der Waals surface area (Å²) in [6.45, 7) is 0.212. The maximum Gasteiger partial charge on any atom is 0.255 e. The second-order valence-electron chi connectivity index (χ2n) is 8.64. The van der Waals surface area contributed by atoms with Gasteiger partial charge in [0.25, 0.3) is 5.91 Å². The van der Waals surface area contributed by atoms with E-state index in [9.17, 15) is 9.59 Å². The van der Waals surface area contributed by atoms with Crippen LogP contribution in [0.5, 0.6) is 5.75 Å². The number of H-pyrrole nitrogens is 1. The Morgan fingerprint density at radius 1 is 1.03 bits per heavy atom. The predicted octanol–water partition coefficient (Wildman–Crippen LogP) is 3.50. The number of ether oxygens (including phenoxy) is 1. The number of nitrogens with one attached hydrogen (secondary N) is 2. The topological polar surface area (TPSA) is 103 Å². The van der Waals surface area contributed by atoms with Crippen LogP contribution in [0.2, 0.25) is 0 Å². The molecular weight excluding hydrogens is 444 g/mol. The van der Waals surface area contributed by atoms with Crippen molar-refractivity contribution < 1.29 is 14.3 Å². The summed E-state index contributed by atoms with van der Waals surface area (Å²) in [5, 5.41) is 11.1. The summed E-state index contributed by atoms with van der Waals surface area (Å²) >= 11 is 0. The Morgan fingerprint density at radius 3 is 2.51 bits per heavy atom. The van der Waals surface area contributed by atoms with Crippen LogP contribution in [0, 0.1) is 0 Å². The van der Waals surface area contributed by atoms with Crippen LogP contribution in [0.1, 0.15) is 10.4 Å². The number of fused-ring (bicyclic) bond motifs is 1. The Kier molecular flexibility index (Phi) is 6.79. The Balaban J connectivity index is 1.78. The lowest BCUT2D eigenvalue weighted by molar-refractivity contribution is -0.116. The number of benzene rings is 2. The van der Waals surface area contributed by atoms with Crippen LogP contribution < -0.4 is 10.1 Å². The summed E-state index contributed by atoms with van der Waals surface area (Å²) in [5.74, 6) is 0.317. The molecule has 180 valence electrons. The molecule has 2 aromatic carbocycles. The number of carbonyl (C=O) groups is 2. The predicted molar refractivity (Wildman–Crippen MR) is 137 cm³/mol. The van der Waals surface area contributed by atoms with Crippen LogP contribution in [0.3, 0.4) is 0 Å². The van der Waals surface area contributed by atoms with Crippen LogP contribution in [-0.4, -0.2) is 78.6 Å². The first-order valence-corrected chi connectivity index (χ1v) is 11.1. The van der Waals surface area contributed by atoms with E-state index in [0.29, 0.717) is 16.9 Å². The number of rotatable bonds is 7. The lowest BCUT2D eigenvalue weighted by Gasteiger charge is -2.17. The molecule has 0 atom stereocenters. The average Bonchev–Trinajstić information content (AvgIpc) is 3.26. The van der Waals surface area contributed by atoms with Crippen molar-refractivity contribution >= 4 is 28.5 Å². The number of hydrogen-bond donors (Lipinski definition) is 2. The molecule has 4 rings (SSSR count). The van der Waals surface area contributed by atoms with Gasteiger partial charge in [0.2, 0.25) is 5.91 Å². The van der Waals surface area contributed by atoms with Gasteiger partial charge in [-0.15, -0.1) is 0 Å². The van der Waals surface area contributed by atoms with Crippen LogP contribution in [0.25, 0.3) is 33.4 Å². The minimum Gasteiger partial charge on any atom is -0.496 e. The lowest BCUT2D eigenvalue weighted by atomic mass is 10.0. The highest BCUT2D eigenvalue weighted by molar-refractivity contribution is 6.05. The van der Waals surface area contributed by atoms with Crippen molar-refractivity contribution in [2.75, 3.05) is 47.2 Å². The van der Waals surface area contributed by atoms with Crippen LogP contribution in [-0.2, 0) is 4.79 Å². The molecule has 0 spiro atoms. The monoisotopic (exact) mass is 472 g/mol. The van der Waals surface area contributed by atoms with Crippen molar-refractivity contribution in [2.24, 2.45) is 0 Å². The van der Waals surface area contributed by atoms with Crippen molar-refractivity contribution in [3.8, 4) is 28.1 Å². The summed E-state index contributed by atoms with van der Waals surface area (Å²) in [6, 6.07) is 15.1. The molecule has 0 bridgehead atoms. The fraction of sp³-hybridized carbons (Fsp3) is 0.231. The summed E-state index contributed by atoms with van der Waals surface area (Å²) in [6.07, 6.45) is 1.72. The molecule has 2 aromatic heterocycles. The SMILES string of the molecule is COc1ccccc1-c1[nH]nc2ncc(-c3ccc(NC(=O)CN(C)C)c(C(=O)N(C)C)c3)cc12. The summed E-state index contributed by atoms with van der Waals surface area (Å²) in [4.78, 5) is 33.1. The van der Waals surface area contributed by atoms with Gasteiger partial charge in [-0.25, -0.2) is 4.98 Å². The van der Waals surface area contributed by atoms with Gasteiger partial charge in [0.05, 0.1) is 30.6 Å². The summed E-state index contributed by atoms with van der Waals surface area (Å²) < 4.78 is 5.52. The molecule has 0 aliphatic heterocycles. The van der Waals surface area contributed by atoms with Crippen LogP contribution in [0.4, 0.5) is 5.69 Å². The van der Waals surface area contributed by atoms with Gasteiger partial charge in [-0.1, -0.05) is 18.2 Å². The molecule has 2 N–H and O–H groups in total. The highest BCUT2D eigenvalue weighted by atomic mass is 16.5. The number of anilines is 1. The molecule has 0 unspecified atom stereocenters. The first-order chi connectivity index (χ1) is 16.8. The molecule has 2 amide bonds. The zero-order chi connectivity index (χ0) is 25.1. The Morgan fingerprint density at radius 2 is 1.80 bits per heavy atom. The number of carbonyl (C=O) groups excluding carboxylic acids is 2. The number of aromatic nitrogens is 3. The zero-order valence-corrected chi connectivity index (χ0v) is 20.4. The minimum absolute atomic E-state index is 0.196. The maximum absolute atomic E-state index is 13.0.